The number of hydrogen-bond acceptors (Lipinski definition) is 7. The average Bonchev–Trinajstić information content (AvgIpc) is 2.91. The number of ether oxygens (including phenoxy) is 1. The van der Waals surface area contributed by atoms with Gasteiger partial charge in [-0.25, -0.2) is 4.98 Å². The minimum Gasteiger partial charge on any atom is -0.495 e. The van der Waals surface area contributed by atoms with Crippen molar-refractivity contribution in [2.45, 2.75) is 37.8 Å². The van der Waals surface area contributed by atoms with Crippen molar-refractivity contribution in [3.63, 3.8) is 0 Å². The van der Waals surface area contributed by atoms with Crippen LogP contribution in [0.15, 0.2) is 54.6 Å². The summed E-state index contributed by atoms with van der Waals surface area (Å²) in [6.45, 7) is 4.05. The number of carbonyl (C=O) groups is 1. The molecule has 1 aliphatic carbocycles. The summed E-state index contributed by atoms with van der Waals surface area (Å²) >= 11 is 0. The smallest absolute Gasteiger partial charge is 0.272 e. The zero-order chi connectivity index (χ0) is 26.5. The van der Waals surface area contributed by atoms with Crippen molar-refractivity contribution in [1.82, 2.24) is 15.2 Å². The van der Waals surface area contributed by atoms with Gasteiger partial charge in [-0.15, -0.1) is 0 Å². The van der Waals surface area contributed by atoms with E-state index in [1.165, 1.54) is 0 Å². The number of nitrogens with one attached hydrogen (secondary N) is 2. The first kappa shape index (κ1) is 26.0. The van der Waals surface area contributed by atoms with Crippen LogP contribution in [0.5, 0.6) is 5.75 Å². The van der Waals surface area contributed by atoms with Gasteiger partial charge in [-0.3, -0.25) is 4.79 Å². The molecule has 8 nitrogen and oxygen atoms in total. The molecule has 0 radical (unpaired) electrons. The Morgan fingerprint density at radius 2 is 1.92 bits per heavy atom. The number of nitriles is 1. The Morgan fingerprint density at radius 3 is 2.59 bits per heavy atom. The normalized spacial score (nSPS) is 17.3. The van der Waals surface area contributed by atoms with Crippen LogP contribution < -0.4 is 21.1 Å². The summed E-state index contributed by atoms with van der Waals surface area (Å²) in [6.07, 6.45) is 3.99. The van der Waals surface area contributed by atoms with E-state index in [4.69, 9.17) is 15.7 Å². The van der Waals surface area contributed by atoms with Gasteiger partial charge in [0.05, 0.1) is 30.2 Å². The molecule has 1 heterocycles. The molecule has 8 heteroatoms. The highest BCUT2D eigenvalue weighted by Gasteiger charge is 2.25. The predicted octanol–water partition coefficient (Wildman–Crippen LogP) is 4.59. The second-order valence-corrected chi connectivity index (χ2v) is 9.72. The maximum absolute atomic E-state index is 13.1. The van der Waals surface area contributed by atoms with Crippen LogP contribution in [0.2, 0.25) is 0 Å². The van der Waals surface area contributed by atoms with Crippen LogP contribution >= 0.6 is 0 Å². The van der Waals surface area contributed by atoms with Crippen molar-refractivity contribution in [3.05, 3.63) is 60.3 Å². The number of benzene rings is 2. The number of nitrogens with two attached hydrogens (primary N) is 1. The standard InChI is InChI=1S/C29H34N6O2/c1-18(16-30)17-32-27-23-15-20(6-5-19(23)7-14-26(27)37-4)25-13-12-24(31)28(34-25)29(36)33-21-8-10-22(11-9-21)35(2)3/h5-7,12-15,21-22,32H,1,8-11,17,31H2,2-4H3,(H,33,36)/t21-,22-. The van der Waals surface area contributed by atoms with E-state index < -0.39 is 0 Å². The van der Waals surface area contributed by atoms with Gasteiger partial charge in [0.15, 0.2) is 5.69 Å². The summed E-state index contributed by atoms with van der Waals surface area (Å²) in [5, 5.41) is 17.4. The Balaban J connectivity index is 1.61. The molecule has 0 unspecified atom stereocenters. The summed E-state index contributed by atoms with van der Waals surface area (Å²) < 4.78 is 5.56. The summed E-state index contributed by atoms with van der Waals surface area (Å²) in [5.74, 6) is 0.414. The van der Waals surface area contributed by atoms with Gasteiger partial charge < -0.3 is 26.0 Å². The topological polar surface area (TPSA) is 116 Å². The second kappa shape index (κ2) is 11.3. The minimum atomic E-state index is -0.243. The number of aromatic nitrogens is 1. The lowest BCUT2D eigenvalue weighted by Crippen LogP contribution is -2.42. The number of anilines is 2. The molecule has 0 spiro atoms. The van der Waals surface area contributed by atoms with Crippen molar-refractivity contribution in [2.75, 3.05) is 38.8 Å². The lowest BCUT2D eigenvalue weighted by Gasteiger charge is -2.32. The molecule has 0 atom stereocenters. The molecule has 1 amide bonds. The van der Waals surface area contributed by atoms with Crippen LogP contribution in [0.3, 0.4) is 0 Å². The van der Waals surface area contributed by atoms with Gasteiger partial charge in [0, 0.05) is 35.2 Å². The van der Waals surface area contributed by atoms with Crippen LogP contribution in [-0.2, 0) is 0 Å². The molecule has 1 fully saturated rings. The molecule has 2 aromatic carbocycles. The van der Waals surface area contributed by atoms with Gasteiger partial charge in [0.1, 0.15) is 5.75 Å². The van der Waals surface area contributed by atoms with E-state index in [1.807, 2.05) is 36.4 Å². The highest BCUT2D eigenvalue weighted by Crippen LogP contribution is 2.36. The largest absolute Gasteiger partial charge is 0.495 e. The Hall–Kier alpha value is -4.09. The van der Waals surface area contributed by atoms with E-state index in [0.717, 1.165) is 47.7 Å². The highest BCUT2D eigenvalue weighted by atomic mass is 16.5. The first-order valence-electron chi connectivity index (χ1n) is 12.5. The molecule has 0 bridgehead atoms. The Labute approximate surface area is 218 Å². The fraction of sp³-hybridized carbons (Fsp3) is 0.345. The molecule has 4 rings (SSSR count). The Kier molecular flexibility index (Phi) is 7.95. The number of nitrogens with zero attached hydrogens (tertiary/aromatic N) is 3. The molecule has 37 heavy (non-hydrogen) atoms. The third-order valence-corrected chi connectivity index (χ3v) is 7.04. The van der Waals surface area contributed by atoms with Crippen LogP contribution in [0.4, 0.5) is 11.4 Å². The fourth-order valence-corrected chi connectivity index (χ4v) is 4.85. The zero-order valence-corrected chi connectivity index (χ0v) is 21.7. The first-order chi connectivity index (χ1) is 17.8. The average molecular weight is 499 g/mol. The van der Waals surface area contributed by atoms with Gasteiger partial charge in [-0.1, -0.05) is 24.8 Å². The van der Waals surface area contributed by atoms with Crippen LogP contribution in [0.1, 0.15) is 36.2 Å². The summed E-state index contributed by atoms with van der Waals surface area (Å²) in [4.78, 5) is 20.0. The third-order valence-electron chi connectivity index (χ3n) is 7.04. The van der Waals surface area contributed by atoms with Crippen molar-refractivity contribution in [3.8, 4) is 23.1 Å². The molecule has 1 saturated carbocycles. The van der Waals surface area contributed by atoms with Crippen molar-refractivity contribution >= 4 is 28.1 Å². The number of rotatable bonds is 8. The van der Waals surface area contributed by atoms with E-state index in [0.29, 0.717) is 35.3 Å². The molecule has 1 aliphatic rings. The third kappa shape index (κ3) is 5.84. The van der Waals surface area contributed by atoms with Crippen LogP contribution in [-0.4, -0.2) is 55.6 Å². The highest BCUT2D eigenvalue weighted by molar-refractivity contribution is 6.00. The lowest BCUT2D eigenvalue weighted by atomic mass is 9.90. The monoisotopic (exact) mass is 498 g/mol. The number of amides is 1. The summed E-state index contributed by atoms with van der Waals surface area (Å²) in [7, 11) is 5.81. The number of methoxy groups -OCH3 is 1. The summed E-state index contributed by atoms with van der Waals surface area (Å²) in [6, 6.07) is 16.1. The summed E-state index contributed by atoms with van der Waals surface area (Å²) in [5.41, 5.74) is 9.43. The predicted molar refractivity (Wildman–Crippen MR) is 149 cm³/mol. The Morgan fingerprint density at radius 1 is 1.19 bits per heavy atom. The number of pyridine rings is 1. The van der Waals surface area contributed by atoms with Gasteiger partial charge in [0.25, 0.3) is 5.91 Å². The molecule has 4 N–H and O–H groups in total. The quantitative estimate of drug-likeness (QED) is 0.389. The lowest BCUT2D eigenvalue weighted by molar-refractivity contribution is 0.0912. The van der Waals surface area contributed by atoms with Crippen molar-refractivity contribution in [1.29, 1.82) is 5.26 Å². The van der Waals surface area contributed by atoms with E-state index in [2.05, 4.69) is 47.3 Å². The van der Waals surface area contributed by atoms with Crippen LogP contribution in [0, 0.1) is 11.3 Å². The van der Waals surface area contributed by atoms with Gasteiger partial charge >= 0.3 is 0 Å². The fourth-order valence-electron chi connectivity index (χ4n) is 4.85. The van der Waals surface area contributed by atoms with E-state index >= 15 is 0 Å². The molecule has 0 saturated heterocycles. The van der Waals surface area contributed by atoms with E-state index in [-0.39, 0.29) is 17.6 Å². The van der Waals surface area contributed by atoms with Crippen LogP contribution in [0.25, 0.3) is 22.0 Å². The maximum atomic E-state index is 13.1. The molecule has 1 aromatic heterocycles. The SMILES string of the molecule is C=C(C#N)CNc1c(OC)ccc2ccc(-c3ccc(N)c(C(=O)N[C@H]4CC[C@H](N(C)C)CC4)n3)cc12. The van der Waals surface area contributed by atoms with Gasteiger partial charge in [0.2, 0.25) is 0 Å². The first-order valence-corrected chi connectivity index (χ1v) is 12.5. The molecule has 3 aromatic rings. The number of nitrogen functional groups attached to an aromatic ring is 1. The molecule has 0 aliphatic heterocycles. The number of carbonyl (C=O) groups excluding carboxylic acids is 1. The number of hydrogen-bond donors (Lipinski definition) is 3. The van der Waals surface area contributed by atoms with E-state index in [9.17, 15) is 4.79 Å². The molecule has 192 valence electrons. The van der Waals surface area contributed by atoms with Crippen molar-refractivity contribution < 1.29 is 9.53 Å². The zero-order valence-electron chi connectivity index (χ0n) is 21.7. The maximum Gasteiger partial charge on any atom is 0.272 e. The molecular formula is C29H34N6O2. The van der Waals surface area contributed by atoms with Gasteiger partial charge in [-0.2, -0.15) is 5.26 Å². The van der Waals surface area contributed by atoms with Crippen molar-refractivity contribution in [2.24, 2.45) is 0 Å². The molecular weight excluding hydrogens is 464 g/mol. The second-order valence-electron chi connectivity index (χ2n) is 9.72. The Bertz CT molecular complexity index is 1350. The van der Waals surface area contributed by atoms with E-state index in [1.54, 1.807) is 13.2 Å². The van der Waals surface area contributed by atoms with Gasteiger partial charge in [-0.05, 0) is 69.4 Å². The number of fused-ring (bicyclic) bond motifs is 1. The minimum absolute atomic E-state index is 0.124.